The number of nitrogens with one attached hydrogen (secondary N) is 1. The molecule has 2 aromatic heterocycles. The van der Waals surface area contributed by atoms with Gasteiger partial charge in [0.1, 0.15) is 11.1 Å². The molecule has 3 aromatic rings. The van der Waals surface area contributed by atoms with Gasteiger partial charge in [-0.1, -0.05) is 30.3 Å². The van der Waals surface area contributed by atoms with Crippen molar-refractivity contribution in [3.05, 3.63) is 64.7 Å². The molecule has 0 amide bonds. The van der Waals surface area contributed by atoms with Gasteiger partial charge in [0.05, 0.1) is 11.3 Å². The molecule has 2 heterocycles. The zero-order valence-corrected chi connectivity index (χ0v) is 12.6. The van der Waals surface area contributed by atoms with Crippen molar-refractivity contribution in [1.82, 2.24) is 9.97 Å². The van der Waals surface area contributed by atoms with Crippen molar-refractivity contribution in [1.29, 1.82) is 5.26 Å². The molecule has 0 unspecified atom stereocenters. The topological polar surface area (TPSA) is 52.5 Å². The van der Waals surface area contributed by atoms with Crippen molar-refractivity contribution in [2.24, 2.45) is 0 Å². The summed E-state index contributed by atoms with van der Waals surface area (Å²) < 4.78 is 0. The number of benzene rings is 1. The average molecular weight is 314 g/mol. The highest BCUT2D eigenvalue weighted by atomic mass is 35.5. The fourth-order valence-corrected chi connectivity index (χ4v) is 2.66. The van der Waals surface area contributed by atoms with Gasteiger partial charge in [-0.3, -0.25) is 0 Å². The molecule has 3 nitrogen and oxygen atoms in total. The minimum atomic E-state index is 0. The molecule has 0 saturated heterocycles. The fraction of sp³-hybridized carbons (Fsp3) is 0. The predicted octanol–water partition coefficient (Wildman–Crippen LogP) is 4.62. The van der Waals surface area contributed by atoms with Crippen LogP contribution in [0.5, 0.6) is 0 Å². The van der Waals surface area contributed by atoms with E-state index in [1.807, 2.05) is 60.1 Å². The van der Waals surface area contributed by atoms with E-state index in [9.17, 15) is 5.26 Å². The average Bonchev–Trinajstić information content (AvgIpc) is 3.17. The third-order valence-corrected chi connectivity index (χ3v) is 3.72. The number of allylic oxidation sites excluding steroid dienone is 1. The molecule has 0 radical (unpaired) electrons. The van der Waals surface area contributed by atoms with E-state index in [0.717, 1.165) is 22.0 Å². The highest BCUT2D eigenvalue weighted by Crippen LogP contribution is 2.26. The van der Waals surface area contributed by atoms with Crippen LogP contribution >= 0.6 is 23.7 Å². The van der Waals surface area contributed by atoms with E-state index in [1.54, 1.807) is 0 Å². The summed E-state index contributed by atoms with van der Waals surface area (Å²) >= 11 is 1.48. The van der Waals surface area contributed by atoms with Gasteiger partial charge in [-0.25, -0.2) is 4.98 Å². The molecule has 0 bridgehead atoms. The minimum Gasteiger partial charge on any atom is -0.362 e. The fourth-order valence-electron chi connectivity index (χ4n) is 1.87. The molecule has 5 heteroatoms. The van der Waals surface area contributed by atoms with E-state index in [4.69, 9.17) is 0 Å². The Morgan fingerprint density at radius 2 is 2.00 bits per heavy atom. The highest BCUT2D eigenvalue weighted by Gasteiger charge is 2.08. The van der Waals surface area contributed by atoms with Crippen LogP contribution in [0.4, 0.5) is 0 Å². The van der Waals surface area contributed by atoms with Gasteiger partial charge in [-0.15, -0.1) is 23.7 Å². The summed E-state index contributed by atoms with van der Waals surface area (Å²) in [5.41, 5.74) is 3.43. The van der Waals surface area contributed by atoms with Crippen molar-refractivity contribution in [2.45, 2.75) is 0 Å². The molecule has 0 fully saturated rings. The first-order valence-electron chi connectivity index (χ1n) is 6.13. The van der Waals surface area contributed by atoms with E-state index in [1.165, 1.54) is 11.3 Å². The van der Waals surface area contributed by atoms with Crippen molar-refractivity contribution in [2.75, 3.05) is 0 Å². The Bertz CT molecular complexity index is 767. The summed E-state index contributed by atoms with van der Waals surface area (Å²) in [7, 11) is 0. The van der Waals surface area contributed by atoms with E-state index in [0.29, 0.717) is 5.57 Å². The SMILES string of the molecule is Cl.N#CC(=Cc1ccc[nH]1)c1nc(-c2ccccc2)cs1. The second-order valence-corrected chi connectivity index (χ2v) is 5.06. The summed E-state index contributed by atoms with van der Waals surface area (Å²) in [5.74, 6) is 0. The Kier molecular flexibility index (Phi) is 4.94. The van der Waals surface area contributed by atoms with E-state index < -0.39 is 0 Å². The lowest BCUT2D eigenvalue weighted by atomic mass is 10.2. The van der Waals surface area contributed by atoms with E-state index >= 15 is 0 Å². The van der Waals surface area contributed by atoms with Crippen molar-refractivity contribution >= 4 is 35.4 Å². The van der Waals surface area contributed by atoms with Crippen LogP contribution in [-0.2, 0) is 0 Å². The first-order chi connectivity index (χ1) is 9.86. The molecule has 0 aliphatic rings. The molecule has 0 aliphatic carbocycles. The predicted molar refractivity (Wildman–Crippen MR) is 89.1 cm³/mol. The van der Waals surface area contributed by atoms with Crippen LogP contribution in [0.25, 0.3) is 22.9 Å². The first kappa shape index (κ1) is 15.0. The summed E-state index contributed by atoms with van der Waals surface area (Å²) in [6, 6.07) is 16.0. The standard InChI is InChI=1S/C16H11N3S.ClH/c17-10-13(9-14-7-4-8-18-14)16-19-15(11-20-16)12-5-2-1-3-6-12;/h1-9,11,18H;1H. The number of aromatic nitrogens is 2. The number of aromatic amines is 1. The maximum absolute atomic E-state index is 9.29. The number of thiazole rings is 1. The quantitative estimate of drug-likeness (QED) is 0.717. The number of rotatable bonds is 3. The third kappa shape index (κ3) is 3.40. The van der Waals surface area contributed by atoms with Gasteiger partial charge in [0.15, 0.2) is 0 Å². The Balaban J connectivity index is 0.00000161. The molecule has 0 spiro atoms. The lowest BCUT2D eigenvalue weighted by molar-refractivity contribution is 1.36. The lowest BCUT2D eigenvalue weighted by Crippen LogP contribution is -1.82. The van der Waals surface area contributed by atoms with Crippen molar-refractivity contribution in [3.8, 4) is 17.3 Å². The maximum atomic E-state index is 9.29. The zero-order valence-electron chi connectivity index (χ0n) is 11.0. The second-order valence-electron chi connectivity index (χ2n) is 4.20. The van der Waals surface area contributed by atoms with Gasteiger partial charge in [0.2, 0.25) is 0 Å². The molecule has 0 atom stereocenters. The second kappa shape index (κ2) is 6.89. The normalized spacial score (nSPS) is 10.7. The van der Waals surface area contributed by atoms with E-state index in [-0.39, 0.29) is 12.4 Å². The van der Waals surface area contributed by atoms with Crippen LogP contribution in [0.2, 0.25) is 0 Å². The van der Waals surface area contributed by atoms with Crippen LogP contribution < -0.4 is 0 Å². The third-order valence-electron chi connectivity index (χ3n) is 2.85. The van der Waals surface area contributed by atoms with Crippen LogP contribution in [0.3, 0.4) is 0 Å². The lowest BCUT2D eigenvalue weighted by Gasteiger charge is -1.95. The van der Waals surface area contributed by atoms with Gasteiger partial charge in [0.25, 0.3) is 0 Å². The van der Waals surface area contributed by atoms with Gasteiger partial charge in [-0.05, 0) is 18.2 Å². The summed E-state index contributed by atoms with van der Waals surface area (Å²) in [5, 5.41) is 12.0. The summed E-state index contributed by atoms with van der Waals surface area (Å²) in [4.78, 5) is 7.61. The molecule has 21 heavy (non-hydrogen) atoms. The number of halogens is 1. The molecule has 0 aliphatic heterocycles. The molecule has 3 rings (SSSR count). The molecule has 0 saturated carbocycles. The van der Waals surface area contributed by atoms with Gasteiger partial charge >= 0.3 is 0 Å². The molecular weight excluding hydrogens is 302 g/mol. The molecule has 104 valence electrons. The van der Waals surface area contributed by atoms with Crippen molar-refractivity contribution in [3.63, 3.8) is 0 Å². The maximum Gasteiger partial charge on any atom is 0.134 e. The smallest absolute Gasteiger partial charge is 0.134 e. The van der Waals surface area contributed by atoms with Crippen LogP contribution in [0.1, 0.15) is 10.7 Å². The Morgan fingerprint density at radius 1 is 1.19 bits per heavy atom. The van der Waals surface area contributed by atoms with Crippen LogP contribution in [0.15, 0.2) is 54.0 Å². The first-order valence-corrected chi connectivity index (χ1v) is 7.01. The molecule has 1 aromatic carbocycles. The van der Waals surface area contributed by atoms with Crippen LogP contribution in [0, 0.1) is 11.3 Å². The Hall–Kier alpha value is -2.35. The van der Waals surface area contributed by atoms with Crippen LogP contribution in [-0.4, -0.2) is 9.97 Å². The number of hydrogen-bond donors (Lipinski definition) is 1. The zero-order chi connectivity index (χ0) is 13.8. The monoisotopic (exact) mass is 313 g/mol. The Labute approximate surface area is 133 Å². The number of hydrogen-bond acceptors (Lipinski definition) is 3. The van der Waals surface area contributed by atoms with Gasteiger partial charge < -0.3 is 4.98 Å². The van der Waals surface area contributed by atoms with E-state index in [2.05, 4.69) is 16.0 Å². The van der Waals surface area contributed by atoms with Crippen molar-refractivity contribution < 1.29 is 0 Å². The Morgan fingerprint density at radius 3 is 2.67 bits per heavy atom. The minimum absolute atomic E-state index is 0. The van der Waals surface area contributed by atoms with Gasteiger partial charge in [-0.2, -0.15) is 5.26 Å². The summed E-state index contributed by atoms with van der Waals surface area (Å²) in [6.07, 6.45) is 3.64. The van der Waals surface area contributed by atoms with Gasteiger partial charge in [0, 0.05) is 22.8 Å². The highest BCUT2D eigenvalue weighted by molar-refractivity contribution is 7.11. The number of H-pyrrole nitrogens is 1. The summed E-state index contributed by atoms with van der Waals surface area (Å²) in [6.45, 7) is 0. The number of nitrogens with zero attached hydrogens (tertiary/aromatic N) is 2. The largest absolute Gasteiger partial charge is 0.362 e. The number of nitriles is 1. The molecule has 1 N–H and O–H groups in total. The molecular formula is C16H12ClN3S.